The molecule has 8 heteroatoms. The molecule has 0 bridgehead atoms. The lowest BCUT2D eigenvalue weighted by molar-refractivity contribution is 0.622. The van der Waals surface area contributed by atoms with E-state index in [1.54, 1.807) is 37.0 Å². The molecule has 0 aliphatic carbocycles. The van der Waals surface area contributed by atoms with E-state index in [-0.39, 0.29) is 23.4 Å². The molecule has 0 aliphatic rings. The molecule has 0 atom stereocenters. The first-order chi connectivity index (χ1) is 16.0. The molecule has 7 nitrogen and oxygen atoms in total. The summed E-state index contributed by atoms with van der Waals surface area (Å²) in [5, 5.41) is 13.4. The molecule has 0 saturated heterocycles. The van der Waals surface area contributed by atoms with Crippen molar-refractivity contribution in [3.8, 4) is 22.4 Å². The van der Waals surface area contributed by atoms with Crippen LogP contribution in [-0.2, 0) is 13.6 Å². The Hall–Kier alpha value is -4.35. The predicted octanol–water partition coefficient (Wildman–Crippen LogP) is 4.60. The lowest BCUT2D eigenvalue weighted by Gasteiger charge is -2.15. The maximum Gasteiger partial charge on any atom is 0.272 e. The monoisotopic (exact) mass is 438 g/mol. The average Bonchev–Trinajstić information content (AvgIpc) is 3.22. The van der Waals surface area contributed by atoms with Crippen LogP contribution in [0.4, 0.5) is 10.1 Å². The molecule has 3 aromatic carbocycles. The van der Waals surface area contributed by atoms with E-state index in [0.717, 1.165) is 0 Å². The van der Waals surface area contributed by atoms with Crippen molar-refractivity contribution in [1.29, 1.82) is 0 Å². The van der Waals surface area contributed by atoms with Crippen molar-refractivity contribution >= 4 is 27.2 Å². The third-order valence-corrected chi connectivity index (χ3v) is 6.03. The molecule has 0 unspecified atom stereocenters. The molecule has 5 aromatic rings. The Morgan fingerprint density at radius 1 is 1.15 bits per heavy atom. The Bertz CT molecular complexity index is 1680. The Kier molecular flexibility index (Phi) is 4.77. The largest absolute Gasteiger partial charge is 0.325 e. The van der Waals surface area contributed by atoms with E-state index in [9.17, 15) is 4.79 Å². The highest BCUT2D eigenvalue weighted by Gasteiger charge is 2.24. The normalized spacial score (nSPS) is 11.2. The van der Waals surface area contributed by atoms with E-state index in [4.69, 9.17) is 12.3 Å². The van der Waals surface area contributed by atoms with Gasteiger partial charge in [-0.1, -0.05) is 30.3 Å². The minimum Gasteiger partial charge on any atom is -0.325 e. The second-order valence-electron chi connectivity index (χ2n) is 7.81. The molecule has 162 valence electrons. The molecular formula is C25H19FN6O. The number of aromatic amines is 1. The van der Waals surface area contributed by atoms with Crippen LogP contribution in [0.3, 0.4) is 0 Å². The van der Waals surface area contributed by atoms with E-state index in [1.807, 2.05) is 30.3 Å². The number of hydrogen-bond acceptors (Lipinski definition) is 4. The van der Waals surface area contributed by atoms with Crippen molar-refractivity contribution in [2.24, 2.45) is 12.8 Å². The standard InChI is InChI=1S/C25H19FN6O/c1-13-15-6-4-5-7-16(15)23(28-2)21(22(13)26)24-19(12-29-32(24)3)14-8-9-17-18(10-14)20(11-27)30-31-25(17)33/h4-10,12H,11,27H2,1,3H3,(H,31,33). The van der Waals surface area contributed by atoms with E-state index in [1.165, 1.54) is 0 Å². The van der Waals surface area contributed by atoms with Gasteiger partial charge in [0.2, 0.25) is 5.69 Å². The number of H-pyrrole nitrogens is 1. The lowest BCUT2D eigenvalue weighted by Crippen LogP contribution is -2.13. The van der Waals surface area contributed by atoms with Gasteiger partial charge in [0.25, 0.3) is 5.56 Å². The van der Waals surface area contributed by atoms with Gasteiger partial charge in [-0.2, -0.15) is 10.2 Å². The Morgan fingerprint density at radius 2 is 1.91 bits per heavy atom. The minimum atomic E-state index is -0.453. The van der Waals surface area contributed by atoms with Gasteiger partial charge >= 0.3 is 0 Å². The smallest absolute Gasteiger partial charge is 0.272 e. The number of benzene rings is 3. The molecule has 0 saturated carbocycles. The fourth-order valence-electron chi connectivity index (χ4n) is 4.38. The van der Waals surface area contributed by atoms with Gasteiger partial charge in [0.15, 0.2) is 0 Å². The number of fused-ring (bicyclic) bond motifs is 2. The van der Waals surface area contributed by atoms with Gasteiger partial charge < -0.3 is 5.73 Å². The molecule has 33 heavy (non-hydrogen) atoms. The molecule has 2 heterocycles. The third-order valence-electron chi connectivity index (χ3n) is 6.03. The summed E-state index contributed by atoms with van der Waals surface area (Å²) in [6, 6.07) is 12.6. The number of nitrogens with one attached hydrogen (secondary N) is 1. The van der Waals surface area contributed by atoms with Crippen molar-refractivity contribution in [3.05, 3.63) is 87.5 Å². The quantitative estimate of drug-likeness (QED) is 0.403. The van der Waals surface area contributed by atoms with Crippen LogP contribution >= 0.6 is 0 Å². The maximum atomic E-state index is 15.8. The van der Waals surface area contributed by atoms with E-state index < -0.39 is 5.82 Å². The topological polar surface area (TPSA) is 93.9 Å². The molecule has 2 aromatic heterocycles. The number of hydrogen-bond donors (Lipinski definition) is 2. The van der Waals surface area contributed by atoms with Crippen molar-refractivity contribution in [3.63, 3.8) is 0 Å². The van der Waals surface area contributed by atoms with Crippen LogP contribution in [0.1, 0.15) is 11.3 Å². The van der Waals surface area contributed by atoms with Gasteiger partial charge in [-0.3, -0.25) is 9.48 Å². The minimum absolute atomic E-state index is 0.150. The van der Waals surface area contributed by atoms with Gasteiger partial charge in [0.05, 0.1) is 29.5 Å². The van der Waals surface area contributed by atoms with E-state index in [0.29, 0.717) is 49.6 Å². The molecule has 3 N–H and O–H groups in total. The molecule has 0 amide bonds. The second kappa shape index (κ2) is 7.65. The second-order valence-corrected chi connectivity index (χ2v) is 7.81. The zero-order chi connectivity index (χ0) is 23.3. The lowest BCUT2D eigenvalue weighted by atomic mass is 9.93. The van der Waals surface area contributed by atoms with E-state index in [2.05, 4.69) is 20.1 Å². The number of rotatable bonds is 3. The highest BCUT2D eigenvalue weighted by atomic mass is 19.1. The van der Waals surface area contributed by atoms with Crippen LogP contribution in [0.2, 0.25) is 0 Å². The summed E-state index contributed by atoms with van der Waals surface area (Å²) in [7, 11) is 1.72. The molecule has 0 spiro atoms. The van der Waals surface area contributed by atoms with Crippen LogP contribution in [-0.4, -0.2) is 20.0 Å². The summed E-state index contributed by atoms with van der Waals surface area (Å²) < 4.78 is 17.4. The van der Waals surface area contributed by atoms with Crippen molar-refractivity contribution in [2.45, 2.75) is 13.5 Å². The van der Waals surface area contributed by atoms with Crippen LogP contribution in [0.5, 0.6) is 0 Å². The SMILES string of the molecule is [C-]#[N+]c1c(-c2c(-c3ccc4c(=O)[nH]nc(CN)c4c3)cnn2C)c(F)c(C)c2ccccc12. The van der Waals surface area contributed by atoms with E-state index >= 15 is 4.39 Å². The summed E-state index contributed by atoms with van der Waals surface area (Å²) in [6.07, 6.45) is 1.64. The molecule has 5 rings (SSSR count). The summed E-state index contributed by atoms with van der Waals surface area (Å²) in [5.74, 6) is -0.453. The van der Waals surface area contributed by atoms with Crippen LogP contribution in [0.15, 0.2) is 53.5 Å². The summed E-state index contributed by atoms with van der Waals surface area (Å²) >= 11 is 0. The maximum absolute atomic E-state index is 15.8. The van der Waals surface area contributed by atoms with Crippen LogP contribution in [0, 0.1) is 19.3 Å². The van der Waals surface area contributed by atoms with Gasteiger partial charge in [0, 0.05) is 30.1 Å². The first-order valence-corrected chi connectivity index (χ1v) is 10.3. The van der Waals surface area contributed by atoms with Gasteiger partial charge in [-0.15, -0.1) is 0 Å². The number of halogens is 1. The Balaban J connectivity index is 1.85. The zero-order valence-electron chi connectivity index (χ0n) is 18.0. The van der Waals surface area contributed by atoms with Crippen molar-refractivity contribution in [1.82, 2.24) is 20.0 Å². The Morgan fingerprint density at radius 3 is 2.64 bits per heavy atom. The number of aryl methyl sites for hydroxylation is 2. The highest BCUT2D eigenvalue weighted by molar-refractivity contribution is 6.05. The van der Waals surface area contributed by atoms with Crippen LogP contribution in [0.25, 0.3) is 48.8 Å². The number of nitrogens with zero attached hydrogens (tertiary/aromatic N) is 4. The number of aromatic nitrogens is 4. The predicted molar refractivity (Wildman–Crippen MR) is 126 cm³/mol. The first kappa shape index (κ1) is 20.5. The van der Waals surface area contributed by atoms with Crippen molar-refractivity contribution < 1.29 is 4.39 Å². The molecule has 0 aliphatic heterocycles. The number of nitrogens with two attached hydrogens (primary N) is 1. The van der Waals surface area contributed by atoms with Gasteiger partial charge in [-0.05, 0) is 41.0 Å². The first-order valence-electron chi connectivity index (χ1n) is 10.3. The Labute approximate surface area is 188 Å². The molecule has 0 radical (unpaired) electrons. The third kappa shape index (κ3) is 3.02. The molecule has 0 fully saturated rings. The summed E-state index contributed by atoms with van der Waals surface area (Å²) in [4.78, 5) is 15.9. The van der Waals surface area contributed by atoms with Gasteiger partial charge in [0.1, 0.15) is 5.82 Å². The summed E-state index contributed by atoms with van der Waals surface area (Å²) in [6.45, 7) is 9.70. The summed E-state index contributed by atoms with van der Waals surface area (Å²) in [5.41, 5.74) is 8.82. The fourth-order valence-corrected chi connectivity index (χ4v) is 4.38. The van der Waals surface area contributed by atoms with Gasteiger partial charge in [-0.25, -0.2) is 14.3 Å². The molecular weight excluding hydrogens is 419 g/mol. The van der Waals surface area contributed by atoms with Crippen LogP contribution < -0.4 is 11.3 Å². The highest BCUT2D eigenvalue weighted by Crippen LogP contribution is 2.44. The van der Waals surface area contributed by atoms with Crippen molar-refractivity contribution in [2.75, 3.05) is 0 Å². The zero-order valence-corrected chi connectivity index (χ0v) is 18.0. The fraction of sp³-hybridized carbons (Fsp3) is 0.120. The average molecular weight is 438 g/mol.